The van der Waals surface area contributed by atoms with Crippen molar-refractivity contribution in [2.75, 3.05) is 5.32 Å². The van der Waals surface area contributed by atoms with E-state index >= 15 is 0 Å². The van der Waals surface area contributed by atoms with Gasteiger partial charge >= 0.3 is 0 Å². The fourth-order valence-electron chi connectivity index (χ4n) is 2.07. The number of hydrogen-bond acceptors (Lipinski definition) is 5. The third-order valence-electron chi connectivity index (χ3n) is 3.37. The fourth-order valence-corrected chi connectivity index (χ4v) is 2.65. The molecule has 0 radical (unpaired) electrons. The Morgan fingerprint density at radius 3 is 2.46 bits per heavy atom. The van der Waals surface area contributed by atoms with E-state index in [2.05, 4.69) is 15.8 Å². The van der Waals surface area contributed by atoms with Crippen molar-refractivity contribution >= 4 is 63.7 Å². The van der Waals surface area contributed by atoms with Crippen LogP contribution >= 0.6 is 34.8 Å². The Labute approximate surface area is 174 Å². The molecule has 2 aromatic carbocycles. The van der Waals surface area contributed by atoms with E-state index in [1.807, 2.05) is 0 Å². The van der Waals surface area contributed by atoms with Crippen molar-refractivity contribution in [1.29, 1.82) is 0 Å². The van der Waals surface area contributed by atoms with Crippen LogP contribution < -0.4 is 10.7 Å². The molecule has 28 heavy (non-hydrogen) atoms. The molecule has 2 aromatic rings. The van der Waals surface area contributed by atoms with Gasteiger partial charge in [0.15, 0.2) is 0 Å². The van der Waals surface area contributed by atoms with Gasteiger partial charge in [-0.3, -0.25) is 19.7 Å². The van der Waals surface area contributed by atoms with Crippen LogP contribution in [0, 0.1) is 10.1 Å². The molecular weight excluding hydrogens is 431 g/mol. The van der Waals surface area contributed by atoms with Gasteiger partial charge in [0.05, 0.1) is 22.1 Å². The van der Waals surface area contributed by atoms with Crippen LogP contribution in [0.1, 0.15) is 23.7 Å². The van der Waals surface area contributed by atoms with E-state index in [1.165, 1.54) is 12.1 Å². The molecule has 11 heteroatoms. The minimum Gasteiger partial charge on any atom is -0.324 e. The summed E-state index contributed by atoms with van der Waals surface area (Å²) in [6, 6.07) is 8.18. The molecule has 2 amide bonds. The number of carbonyl (C=O) groups is 2. The Bertz CT molecular complexity index is 979. The summed E-state index contributed by atoms with van der Waals surface area (Å²) in [5.41, 5.74) is 2.71. The van der Waals surface area contributed by atoms with Crippen LogP contribution in [0.4, 0.5) is 11.4 Å². The number of nitro groups is 1. The second kappa shape index (κ2) is 9.50. The average molecular weight is 444 g/mol. The van der Waals surface area contributed by atoms with E-state index in [0.29, 0.717) is 21.4 Å². The lowest BCUT2D eigenvalue weighted by Gasteiger charge is -2.08. The van der Waals surface area contributed by atoms with Gasteiger partial charge < -0.3 is 5.32 Å². The zero-order valence-corrected chi connectivity index (χ0v) is 16.6. The molecule has 2 N–H and O–H groups in total. The Hall–Kier alpha value is -2.68. The van der Waals surface area contributed by atoms with Crippen LogP contribution in [0.25, 0.3) is 0 Å². The summed E-state index contributed by atoms with van der Waals surface area (Å²) >= 11 is 17.6. The number of rotatable bonds is 6. The van der Waals surface area contributed by atoms with Crippen molar-refractivity contribution in [2.45, 2.75) is 13.3 Å². The predicted octanol–water partition coefficient (Wildman–Crippen LogP) is 4.69. The SMILES string of the molecule is C/C(CC(=O)Nc1cc(Cl)ccc1Cl)=N\NC(=O)c1ccc([N+](=O)[O-])c(Cl)c1. The Kier molecular flexibility index (Phi) is 7.33. The van der Waals surface area contributed by atoms with Gasteiger partial charge in [0, 0.05) is 22.4 Å². The molecule has 0 heterocycles. The largest absolute Gasteiger partial charge is 0.324 e. The smallest absolute Gasteiger partial charge is 0.287 e. The van der Waals surface area contributed by atoms with Crippen LogP contribution in [0.2, 0.25) is 15.1 Å². The van der Waals surface area contributed by atoms with Crippen LogP contribution in [0.3, 0.4) is 0 Å². The number of hydrogen-bond donors (Lipinski definition) is 2. The third kappa shape index (κ3) is 5.91. The molecule has 0 bridgehead atoms. The molecule has 0 unspecified atom stereocenters. The molecule has 0 aromatic heterocycles. The van der Waals surface area contributed by atoms with E-state index in [-0.39, 0.29) is 22.7 Å². The van der Waals surface area contributed by atoms with E-state index in [1.54, 1.807) is 19.1 Å². The number of halogens is 3. The number of nitrogens with zero attached hydrogens (tertiary/aromatic N) is 2. The summed E-state index contributed by atoms with van der Waals surface area (Å²) in [7, 11) is 0. The maximum atomic E-state index is 12.1. The van der Waals surface area contributed by atoms with Crippen molar-refractivity contribution in [3.63, 3.8) is 0 Å². The Morgan fingerprint density at radius 1 is 1.11 bits per heavy atom. The molecule has 0 fully saturated rings. The first-order valence-electron chi connectivity index (χ1n) is 7.69. The molecular formula is C17H13Cl3N4O4. The van der Waals surface area contributed by atoms with E-state index < -0.39 is 16.7 Å². The highest BCUT2D eigenvalue weighted by Crippen LogP contribution is 2.26. The molecule has 0 saturated heterocycles. The molecule has 0 aliphatic rings. The highest BCUT2D eigenvalue weighted by atomic mass is 35.5. The van der Waals surface area contributed by atoms with E-state index in [0.717, 1.165) is 12.1 Å². The summed E-state index contributed by atoms with van der Waals surface area (Å²) < 4.78 is 0. The minimum atomic E-state index is -0.656. The van der Waals surface area contributed by atoms with Gasteiger partial charge in [-0.15, -0.1) is 0 Å². The van der Waals surface area contributed by atoms with E-state index in [9.17, 15) is 19.7 Å². The van der Waals surface area contributed by atoms with Gasteiger partial charge in [0.1, 0.15) is 5.02 Å². The zero-order valence-electron chi connectivity index (χ0n) is 14.3. The number of hydrazone groups is 1. The van der Waals surface area contributed by atoms with Gasteiger partial charge in [-0.05, 0) is 37.3 Å². The third-order valence-corrected chi connectivity index (χ3v) is 4.24. The van der Waals surface area contributed by atoms with Gasteiger partial charge in [0.25, 0.3) is 11.6 Å². The zero-order chi connectivity index (χ0) is 20.8. The van der Waals surface area contributed by atoms with E-state index in [4.69, 9.17) is 34.8 Å². The Balaban J connectivity index is 1.97. The summed E-state index contributed by atoms with van der Waals surface area (Å²) in [4.78, 5) is 34.2. The average Bonchev–Trinajstić information content (AvgIpc) is 2.62. The standard InChI is InChI=1S/C17H13Cl3N4O4/c1-9(6-16(25)21-14-8-11(18)3-4-12(14)19)22-23-17(26)10-2-5-15(24(27)28)13(20)7-10/h2-5,7-8H,6H2,1H3,(H,21,25)(H,23,26)/b22-9+. The number of carbonyl (C=O) groups excluding carboxylic acids is 2. The van der Waals surface area contributed by atoms with Crippen molar-refractivity contribution in [2.24, 2.45) is 5.10 Å². The van der Waals surface area contributed by atoms with Gasteiger partial charge in [-0.1, -0.05) is 34.8 Å². The van der Waals surface area contributed by atoms with Crippen LogP contribution in [0.15, 0.2) is 41.5 Å². The molecule has 146 valence electrons. The molecule has 0 saturated carbocycles. The van der Waals surface area contributed by atoms with Crippen molar-refractivity contribution in [3.05, 3.63) is 67.1 Å². The van der Waals surface area contributed by atoms with Crippen molar-refractivity contribution < 1.29 is 14.5 Å². The maximum absolute atomic E-state index is 12.1. The molecule has 0 aliphatic heterocycles. The highest BCUT2D eigenvalue weighted by Gasteiger charge is 2.15. The molecule has 2 rings (SSSR count). The fraction of sp³-hybridized carbons (Fsp3) is 0.118. The van der Waals surface area contributed by atoms with Gasteiger partial charge in [0.2, 0.25) is 5.91 Å². The topological polar surface area (TPSA) is 114 Å². The highest BCUT2D eigenvalue weighted by molar-refractivity contribution is 6.35. The summed E-state index contributed by atoms with van der Waals surface area (Å²) in [5, 5.41) is 17.7. The molecule has 0 aliphatic carbocycles. The lowest BCUT2D eigenvalue weighted by atomic mass is 10.2. The summed E-state index contributed by atoms with van der Waals surface area (Å²) in [6.45, 7) is 1.54. The number of benzene rings is 2. The monoisotopic (exact) mass is 442 g/mol. The van der Waals surface area contributed by atoms with Crippen LogP contribution in [-0.4, -0.2) is 22.4 Å². The molecule has 0 spiro atoms. The second-order valence-corrected chi connectivity index (χ2v) is 6.81. The summed E-state index contributed by atoms with van der Waals surface area (Å²) in [5.74, 6) is -1.03. The molecule has 8 nitrogen and oxygen atoms in total. The first-order valence-corrected chi connectivity index (χ1v) is 8.83. The lowest BCUT2D eigenvalue weighted by Crippen LogP contribution is -2.21. The number of nitrogens with one attached hydrogen (secondary N) is 2. The summed E-state index contributed by atoms with van der Waals surface area (Å²) in [6.07, 6.45) is -0.107. The van der Waals surface area contributed by atoms with Gasteiger partial charge in [-0.2, -0.15) is 5.10 Å². The maximum Gasteiger partial charge on any atom is 0.287 e. The quantitative estimate of drug-likeness (QED) is 0.383. The minimum absolute atomic E-state index is 0.0855. The normalized spacial score (nSPS) is 11.1. The Morgan fingerprint density at radius 2 is 1.82 bits per heavy atom. The van der Waals surface area contributed by atoms with Gasteiger partial charge in [-0.25, -0.2) is 5.43 Å². The molecule has 0 atom stereocenters. The number of nitro benzene ring substituents is 1. The van der Waals surface area contributed by atoms with Crippen molar-refractivity contribution in [3.8, 4) is 0 Å². The van der Waals surface area contributed by atoms with Crippen molar-refractivity contribution in [1.82, 2.24) is 5.43 Å². The first-order chi connectivity index (χ1) is 13.2. The predicted molar refractivity (Wildman–Crippen MR) is 108 cm³/mol. The number of amides is 2. The second-order valence-electron chi connectivity index (χ2n) is 5.56. The van der Waals surface area contributed by atoms with Crippen LogP contribution in [-0.2, 0) is 4.79 Å². The first kappa shape index (κ1) is 21.6. The van der Waals surface area contributed by atoms with Crippen LogP contribution in [0.5, 0.6) is 0 Å². The lowest BCUT2D eigenvalue weighted by molar-refractivity contribution is -0.384. The number of anilines is 1.